The molecule has 3 aromatic rings. The lowest BCUT2D eigenvalue weighted by molar-refractivity contribution is 0.346. The maximum absolute atomic E-state index is 13.1. The highest BCUT2D eigenvalue weighted by Gasteiger charge is 2.26. The molecule has 1 aliphatic heterocycles. The minimum Gasteiger partial charge on any atom is -0.327 e. The molecule has 0 saturated carbocycles. The van der Waals surface area contributed by atoms with Gasteiger partial charge in [0, 0.05) is 25.7 Å². The van der Waals surface area contributed by atoms with Crippen molar-refractivity contribution in [3.05, 3.63) is 59.4 Å². The molecule has 0 bridgehead atoms. The van der Waals surface area contributed by atoms with Crippen LogP contribution in [0.4, 0.5) is 0 Å². The van der Waals surface area contributed by atoms with Crippen LogP contribution in [0.25, 0.3) is 11.0 Å². The number of rotatable bonds is 8. The summed E-state index contributed by atoms with van der Waals surface area (Å²) in [4.78, 5) is 5.16. The van der Waals surface area contributed by atoms with Gasteiger partial charge in [0.15, 0.2) is 0 Å². The summed E-state index contributed by atoms with van der Waals surface area (Å²) >= 11 is 0. The average molecular weight is 455 g/mol. The molecule has 32 heavy (non-hydrogen) atoms. The molecule has 1 atom stereocenters. The zero-order valence-corrected chi connectivity index (χ0v) is 20.2. The van der Waals surface area contributed by atoms with Gasteiger partial charge in [-0.15, -0.1) is 0 Å². The van der Waals surface area contributed by atoms with Crippen LogP contribution >= 0.6 is 0 Å². The van der Waals surface area contributed by atoms with Crippen molar-refractivity contribution in [3.8, 4) is 0 Å². The second-order valence-electron chi connectivity index (χ2n) is 8.59. The predicted molar refractivity (Wildman–Crippen MR) is 129 cm³/mol. The topological polar surface area (TPSA) is 67.2 Å². The highest BCUT2D eigenvalue weighted by molar-refractivity contribution is 7.89. The maximum Gasteiger partial charge on any atom is 0.243 e. The normalized spacial score (nSPS) is 16.5. The third-order valence-corrected chi connectivity index (χ3v) is 8.42. The van der Waals surface area contributed by atoms with Crippen LogP contribution in [0, 0.1) is 0 Å². The molecule has 1 unspecified atom stereocenters. The number of nitrogens with one attached hydrogen (secondary N) is 1. The molecule has 4 rings (SSSR count). The van der Waals surface area contributed by atoms with Crippen molar-refractivity contribution in [2.24, 2.45) is 0 Å². The Morgan fingerprint density at radius 2 is 1.75 bits per heavy atom. The van der Waals surface area contributed by atoms with Gasteiger partial charge < -0.3 is 9.88 Å². The van der Waals surface area contributed by atoms with E-state index in [4.69, 9.17) is 4.98 Å². The number of aromatic nitrogens is 2. The van der Waals surface area contributed by atoms with Crippen molar-refractivity contribution in [1.29, 1.82) is 0 Å². The van der Waals surface area contributed by atoms with Gasteiger partial charge >= 0.3 is 0 Å². The Labute approximate surface area is 191 Å². The molecule has 0 amide bonds. The first-order chi connectivity index (χ1) is 15.4. The number of imidazole rings is 1. The van der Waals surface area contributed by atoms with Gasteiger partial charge in [-0.3, -0.25) is 0 Å². The lowest BCUT2D eigenvalue weighted by atomic mass is 10.1. The van der Waals surface area contributed by atoms with Crippen LogP contribution in [0.15, 0.2) is 47.4 Å². The summed E-state index contributed by atoms with van der Waals surface area (Å²) in [5.74, 6) is 0.923. The second kappa shape index (κ2) is 9.73. The summed E-state index contributed by atoms with van der Waals surface area (Å²) in [7, 11) is -3.46. The van der Waals surface area contributed by atoms with E-state index in [-0.39, 0.29) is 6.04 Å². The van der Waals surface area contributed by atoms with Gasteiger partial charge in [-0.05, 0) is 62.4 Å². The van der Waals surface area contributed by atoms with Crippen LogP contribution in [0.2, 0.25) is 0 Å². The average Bonchev–Trinajstić information content (AvgIpc) is 3.19. The van der Waals surface area contributed by atoms with Gasteiger partial charge in [-0.1, -0.05) is 37.6 Å². The summed E-state index contributed by atoms with van der Waals surface area (Å²) in [5, 5.41) is 3.58. The first-order valence-electron chi connectivity index (χ1n) is 11.8. The Morgan fingerprint density at radius 3 is 2.41 bits per heavy atom. The van der Waals surface area contributed by atoms with E-state index < -0.39 is 10.0 Å². The molecule has 1 aromatic heterocycles. The number of fused-ring (bicyclic) bond motifs is 1. The van der Waals surface area contributed by atoms with E-state index >= 15 is 0 Å². The van der Waals surface area contributed by atoms with E-state index in [9.17, 15) is 8.42 Å². The van der Waals surface area contributed by atoms with Crippen molar-refractivity contribution in [2.75, 3.05) is 13.1 Å². The van der Waals surface area contributed by atoms with Gasteiger partial charge in [-0.2, -0.15) is 4.31 Å². The van der Waals surface area contributed by atoms with Crippen LogP contribution < -0.4 is 5.32 Å². The summed E-state index contributed by atoms with van der Waals surface area (Å²) < 4.78 is 30.0. The van der Waals surface area contributed by atoms with Crippen molar-refractivity contribution in [2.45, 2.75) is 70.5 Å². The van der Waals surface area contributed by atoms with Gasteiger partial charge in [-0.25, -0.2) is 13.4 Å². The van der Waals surface area contributed by atoms with Crippen LogP contribution in [-0.2, 0) is 29.5 Å². The number of nitrogens with zero attached hydrogens (tertiary/aromatic N) is 3. The third kappa shape index (κ3) is 4.60. The maximum atomic E-state index is 13.1. The summed E-state index contributed by atoms with van der Waals surface area (Å²) in [6, 6.07) is 14.3. The highest BCUT2D eigenvalue weighted by Crippen LogP contribution is 2.25. The van der Waals surface area contributed by atoms with Gasteiger partial charge in [0.1, 0.15) is 5.82 Å². The quantitative estimate of drug-likeness (QED) is 0.538. The minimum atomic E-state index is -3.46. The third-order valence-electron chi connectivity index (χ3n) is 6.52. The smallest absolute Gasteiger partial charge is 0.243 e. The summed E-state index contributed by atoms with van der Waals surface area (Å²) in [5.41, 5.74) is 4.30. The summed E-state index contributed by atoms with van der Waals surface area (Å²) in [6.07, 6.45) is 4.00. The van der Waals surface area contributed by atoms with Crippen LogP contribution in [0.3, 0.4) is 0 Å². The Hall–Kier alpha value is -2.22. The fourth-order valence-electron chi connectivity index (χ4n) is 4.47. The number of sulfonamides is 1. The molecule has 2 heterocycles. The van der Waals surface area contributed by atoms with Crippen LogP contribution in [-0.4, -0.2) is 35.4 Å². The van der Waals surface area contributed by atoms with Gasteiger partial charge in [0.25, 0.3) is 0 Å². The Balaban J connectivity index is 1.55. The van der Waals surface area contributed by atoms with E-state index in [0.717, 1.165) is 49.1 Å². The molecule has 0 spiro atoms. The molecular formula is C25H34N4O2S. The molecular weight excluding hydrogens is 420 g/mol. The Morgan fingerprint density at radius 1 is 1.03 bits per heavy atom. The largest absolute Gasteiger partial charge is 0.327 e. The fraction of sp³-hybridized carbons (Fsp3) is 0.480. The van der Waals surface area contributed by atoms with Crippen LogP contribution in [0.1, 0.15) is 63.0 Å². The fourth-order valence-corrected chi connectivity index (χ4v) is 6.00. The molecule has 0 aliphatic carbocycles. The predicted octanol–water partition coefficient (Wildman–Crippen LogP) is 4.64. The number of hydrogen-bond donors (Lipinski definition) is 1. The number of piperidine rings is 1. The molecule has 6 nitrogen and oxygen atoms in total. The number of benzene rings is 2. The monoisotopic (exact) mass is 454 g/mol. The molecule has 1 fully saturated rings. The standard InChI is InChI=1S/C25H34N4O2S/c1-4-20-9-11-21(12-10-20)19(3)26-18-25-27-23-17-22(13-14-24(23)29(25)5-2)32(30,31)28-15-7-6-8-16-28/h9-14,17,19,26H,4-8,15-16,18H2,1-3H3. The SMILES string of the molecule is CCc1ccc(C(C)NCc2nc3cc(S(=O)(=O)N4CCCCC4)ccc3n2CC)cc1. The van der Waals surface area contributed by atoms with Gasteiger partial charge in [0.05, 0.1) is 22.5 Å². The zero-order valence-electron chi connectivity index (χ0n) is 19.3. The lowest BCUT2D eigenvalue weighted by Crippen LogP contribution is -2.35. The highest BCUT2D eigenvalue weighted by atomic mass is 32.2. The molecule has 1 N–H and O–H groups in total. The van der Waals surface area contributed by atoms with E-state index in [1.165, 1.54) is 11.1 Å². The molecule has 0 radical (unpaired) electrons. The molecule has 172 valence electrons. The zero-order chi connectivity index (χ0) is 22.7. The van der Waals surface area contributed by atoms with Crippen molar-refractivity contribution in [3.63, 3.8) is 0 Å². The van der Waals surface area contributed by atoms with E-state index in [1.54, 1.807) is 16.4 Å². The lowest BCUT2D eigenvalue weighted by Gasteiger charge is -2.25. The Bertz CT molecular complexity index is 1160. The molecule has 2 aromatic carbocycles. The number of hydrogen-bond acceptors (Lipinski definition) is 4. The minimum absolute atomic E-state index is 0.195. The first-order valence-corrected chi connectivity index (χ1v) is 13.2. The van der Waals surface area contributed by atoms with Gasteiger partial charge in [0.2, 0.25) is 10.0 Å². The van der Waals surface area contributed by atoms with Crippen molar-refractivity contribution in [1.82, 2.24) is 19.2 Å². The summed E-state index contributed by atoms with van der Waals surface area (Å²) in [6.45, 7) is 9.03. The van der Waals surface area contributed by atoms with Crippen LogP contribution in [0.5, 0.6) is 0 Å². The van der Waals surface area contributed by atoms with Crippen molar-refractivity contribution < 1.29 is 8.42 Å². The second-order valence-corrected chi connectivity index (χ2v) is 10.5. The molecule has 1 saturated heterocycles. The Kier molecular flexibility index (Phi) is 6.98. The number of aryl methyl sites for hydroxylation is 2. The first kappa shape index (κ1) is 23.0. The van der Waals surface area contributed by atoms with E-state index in [0.29, 0.717) is 24.5 Å². The molecule has 7 heteroatoms. The van der Waals surface area contributed by atoms with Crippen molar-refractivity contribution >= 4 is 21.1 Å². The van der Waals surface area contributed by atoms with E-state index in [1.807, 2.05) is 6.07 Å². The van der Waals surface area contributed by atoms with E-state index in [2.05, 4.69) is 54.9 Å². The molecule has 1 aliphatic rings.